The Morgan fingerprint density at radius 1 is 1.12 bits per heavy atom. The lowest BCUT2D eigenvalue weighted by atomic mass is 9.67. The van der Waals surface area contributed by atoms with Gasteiger partial charge in [0.25, 0.3) is 5.91 Å². The summed E-state index contributed by atoms with van der Waals surface area (Å²) in [5, 5.41) is 20.6. The number of aromatic nitrogens is 1. The van der Waals surface area contributed by atoms with Crippen LogP contribution in [0, 0.1) is 17.8 Å². The second-order valence-electron chi connectivity index (χ2n) is 13.7. The first kappa shape index (κ1) is 30.5. The zero-order valence-corrected chi connectivity index (χ0v) is 26.1. The van der Waals surface area contributed by atoms with Gasteiger partial charge in [0.2, 0.25) is 0 Å². The standard InChI is InChI=1S/C34H40N2O7/c1-17-9-11-20(35-30(17)32(40)41)18-10-12-22(42-8)26(19(18)16-37)29-27-21(38)14-34(5,6)15-24(27)43-23-13-25(33(2,3)4)36(7)31(39)28(23)29/h9-12,25,29,37H,13-16H2,1-8H3,(H,40,41)/t25-,29-/m0/s1. The van der Waals surface area contributed by atoms with E-state index in [0.717, 1.165) is 0 Å². The third kappa shape index (κ3) is 5.13. The van der Waals surface area contributed by atoms with Crippen LogP contribution in [0.25, 0.3) is 11.3 Å². The molecule has 2 atom stereocenters. The van der Waals surface area contributed by atoms with Gasteiger partial charge in [0, 0.05) is 49.1 Å². The molecule has 9 nitrogen and oxygen atoms in total. The van der Waals surface area contributed by atoms with Crippen LogP contribution in [0.2, 0.25) is 0 Å². The number of ether oxygens (including phenoxy) is 2. The number of amides is 1. The molecule has 43 heavy (non-hydrogen) atoms. The number of carboxylic acids is 1. The van der Waals surface area contributed by atoms with Crippen molar-refractivity contribution in [2.24, 2.45) is 10.8 Å². The topological polar surface area (TPSA) is 126 Å². The summed E-state index contributed by atoms with van der Waals surface area (Å²) in [5.74, 6) is -0.882. The maximum absolute atomic E-state index is 14.3. The SMILES string of the molecule is COc1ccc(-c2ccc(C)c(C(=O)O)n2)c(CO)c1[C@H]1C2=C(CC(C)(C)CC2=O)OC2=C1C(=O)N(C)[C@H](C(C)(C)C)C2. The van der Waals surface area contributed by atoms with Crippen molar-refractivity contribution in [2.75, 3.05) is 14.2 Å². The van der Waals surface area contributed by atoms with E-state index < -0.39 is 18.5 Å². The first-order valence-corrected chi connectivity index (χ1v) is 14.6. The summed E-state index contributed by atoms with van der Waals surface area (Å²) < 4.78 is 12.4. The molecule has 0 radical (unpaired) electrons. The number of likely N-dealkylation sites (N-methyl/N-ethyl adjacent to an activating group) is 1. The highest BCUT2D eigenvalue weighted by molar-refractivity contribution is 6.06. The van der Waals surface area contributed by atoms with Gasteiger partial charge in [-0.15, -0.1) is 0 Å². The minimum Gasteiger partial charge on any atom is -0.496 e. The van der Waals surface area contributed by atoms with E-state index in [1.165, 1.54) is 7.11 Å². The molecule has 5 rings (SSSR count). The normalized spacial score (nSPS) is 21.8. The monoisotopic (exact) mass is 588 g/mol. The molecule has 1 aliphatic carbocycles. The van der Waals surface area contributed by atoms with Crippen molar-refractivity contribution in [3.8, 4) is 17.0 Å². The smallest absolute Gasteiger partial charge is 0.354 e. The number of carbonyl (C=O) groups excluding carboxylic acids is 2. The Bertz CT molecular complexity index is 1610. The van der Waals surface area contributed by atoms with Gasteiger partial charge in [0.15, 0.2) is 11.5 Å². The lowest BCUT2D eigenvalue weighted by Crippen LogP contribution is -2.51. The second-order valence-corrected chi connectivity index (χ2v) is 13.7. The lowest BCUT2D eigenvalue weighted by Gasteiger charge is -2.47. The van der Waals surface area contributed by atoms with Crippen LogP contribution in [0.15, 0.2) is 46.9 Å². The number of carboxylic acid groups (broad SMARTS) is 1. The molecule has 3 heterocycles. The van der Waals surface area contributed by atoms with Gasteiger partial charge in [-0.2, -0.15) is 0 Å². The Hall–Kier alpha value is -3.98. The molecule has 0 saturated carbocycles. The van der Waals surface area contributed by atoms with Gasteiger partial charge in [-0.3, -0.25) is 9.59 Å². The van der Waals surface area contributed by atoms with Gasteiger partial charge < -0.3 is 24.6 Å². The van der Waals surface area contributed by atoms with Gasteiger partial charge in [0.05, 0.1) is 30.9 Å². The van der Waals surface area contributed by atoms with E-state index in [9.17, 15) is 24.6 Å². The predicted octanol–water partition coefficient (Wildman–Crippen LogP) is 5.54. The summed E-state index contributed by atoms with van der Waals surface area (Å²) >= 11 is 0. The molecular formula is C34H40N2O7. The number of hydrogen-bond donors (Lipinski definition) is 2. The number of ketones is 1. The minimum atomic E-state index is -1.16. The van der Waals surface area contributed by atoms with E-state index in [0.29, 0.717) is 69.2 Å². The van der Waals surface area contributed by atoms with Crippen LogP contribution in [-0.4, -0.2) is 58.0 Å². The summed E-state index contributed by atoms with van der Waals surface area (Å²) in [6.07, 6.45) is 1.27. The minimum absolute atomic E-state index is 0.0955. The summed E-state index contributed by atoms with van der Waals surface area (Å²) in [6, 6.07) is 6.68. The number of methoxy groups -OCH3 is 1. The van der Waals surface area contributed by atoms with Crippen LogP contribution < -0.4 is 4.74 Å². The van der Waals surface area contributed by atoms with Crippen LogP contribution in [0.5, 0.6) is 5.75 Å². The molecule has 0 fully saturated rings. The van der Waals surface area contributed by atoms with Crippen molar-refractivity contribution in [1.82, 2.24) is 9.88 Å². The van der Waals surface area contributed by atoms with Crippen molar-refractivity contribution < 1.29 is 34.1 Å². The second kappa shape index (κ2) is 10.6. The van der Waals surface area contributed by atoms with Gasteiger partial charge in [0.1, 0.15) is 17.3 Å². The number of carbonyl (C=O) groups is 3. The Balaban J connectivity index is 1.82. The molecule has 0 saturated heterocycles. The van der Waals surface area contributed by atoms with Crippen molar-refractivity contribution >= 4 is 17.7 Å². The number of aryl methyl sites for hydroxylation is 1. The van der Waals surface area contributed by atoms with Crippen molar-refractivity contribution in [2.45, 2.75) is 79.4 Å². The fourth-order valence-corrected chi connectivity index (χ4v) is 6.86. The first-order valence-electron chi connectivity index (χ1n) is 14.6. The highest BCUT2D eigenvalue weighted by atomic mass is 16.5. The van der Waals surface area contributed by atoms with Gasteiger partial charge >= 0.3 is 5.97 Å². The number of aromatic carboxylic acids is 1. The highest BCUT2D eigenvalue weighted by Crippen LogP contribution is 2.54. The van der Waals surface area contributed by atoms with E-state index in [2.05, 4.69) is 25.8 Å². The maximum atomic E-state index is 14.3. The fourth-order valence-electron chi connectivity index (χ4n) is 6.86. The number of hydrogen-bond acceptors (Lipinski definition) is 7. The molecule has 0 unspecified atom stereocenters. The van der Waals surface area contributed by atoms with Crippen LogP contribution in [0.4, 0.5) is 0 Å². The largest absolute Gasteiger partial charge is 0.496 e. The average molecular weight is 589 g/mol. The zero-order valence-electron chi connectivity index (χ0n) is 26.1. The molecule has 2 aromatic rings. The van der Waals surface area contributed by atoms with Gasteiger partial charge in [-0.25, -0.2) is 9.78 Å². The Morgan fingerprint density at radius 3 is 2.42 bits per heavy atom. The fraction of sp³-hybridized carbons (Fsp3) is 0.471. The third-order valence-corrected chi connectivity index (χ3v) is 8.96. The molecule has 1 amide bonds. The molecular weight excluding hydrogens is 548 g/mol. The Morgan fingerprint density at radius 2 is 1.81 bits per heavy atom. The molecule has 228 valence electrons. The number of allylic oxidation sites excluding steroid dienone is 2. The highest BCUT2D eigenvalue weighted by Gasteiger charge is 2.50. The summed E-state index contributed by atoms with van der Waals surface area (Å²) in [4.78, 5) is 46.3. The number of rotatable bonds is 5. The molecule has 9 heteroatoms. The molecule has 1 aromatic heterocycles. The van der Waals surface area contributed by atoms with Crippen LogP contribution >= 0.6 is 0 Å². The van der Waals surface area contributed by atoms with Gasteiger partial charge in [-0.05, 0) is 47.1 Å². The number of nitrogens with zero attached hydrogens (tertiary/aromatic N) is 2. The van der Waals surface area contributed by atoms with Crippen molar-refractivity contribution in [3.05, 3.63) is 69.3 Å². The van der Waals surface area contributed by atoms with Crippen LogP contribution in [0.3, 0.4) is 0 Å². The Labute approximate surface area is 252 Å². The average Bonchev–Trinajstić information content (AvgIpc) is 2.91. The van der Waals surface area contributed by atoms with Crippen LogP contribution in [-0.2, 0) is 20.9 Å². The van der Waals surface area contributed by atoms with Gasteiger partial charge in [-0.1, -0.05) is 40.7 Å². The van der Waals surface area contributed by atoms with Crippen molar-refractivity contribution in [3.63, 3.8) is 0 Å². The van der Waals surface area contributed by atoms with Crippen LogP contribution in [0.1, 0.15) is 87.0 Å². The Kier molecular flexibility index (Phi) is 7.53. The number of Topliss-reactive ketones (excluding diaryl/α,β-unsaturated/α-hetero) is 1. The number of aliphatic hydroxyl groups is 1. The van der Waals surface area contributed by atoms with Crippen molar-refractivity contribution in [1.29, 1.82) is 0 Å². The lowest BCUT2D eigenvalue weighted by molar-refractivity contribution is -0.132. The van der Waals surface area contributed by atoms with E-state index in [4.69, 9.17) is 9.47 Å². The zero-order chi connectivity index (χ0) is 31.6. The molecule has 2 N–H and O–H groups in total. The predicted molar refractivity (Wildman–Crippen MR) is 160 cm³/mol. The first-order chi connectivity index (χ1) is 20.1. The third-order valence-electron chi connectivity index (χ3n) is 8.96. The van der Waals surface area contributed by atoms with E-state index in [1.807, 2.05) is 13.8 Å². The number of pyridine rings is 1. The molecule has 2 aliphatic heterocycles. The summed E-state index contributed by atoms with van der Waals surface area (Å²) in [7, 11) is 3.28. The molecule has 0 spiro atoms. The molecule has 1 aromatic carbocycles. The van der Waals surface area contributed by atoms with E-state index in [1.54, 1.807) is 43.1 Å². The summed E-state index contributed by atoms with van der Waals surface area (Å²) in [5.41, 5.74) is 2.34. The van der Waals surface area contributed by atoms with E-state index in [-0.39, 0.29) is 40.7 Å². The van der Waals surface area contributed by atoms with E-state index >= 15 is 0 Å². The maximum Gasteiger partial charge on any atom is 0.354 e. The molecule has 0 bridgehead atoms. The number of aliphatic hydroxyl groups excluding tert-OH is 1. The molecule has 3 aliphatic rings. The quantitative estimate of drug-likeness (QED) is 0.466. The summed E-state index contributed by atoms with van der Waals surface area (Å²) in [6.45, 7) is 11.5. The number of benzene rings is 1.